The van der Waals surface area contributed by atoms with E-state index in [2.05, 4.69) is 5.32 Å². The number of sulfonamides is 1. The van der Waals surface area contributed by atoms with Crippen molar-refractivity contribution in [1.29, 1.82) is 0 Å². The van der Waals surface area contributed by atoms with Crippen LogP contribution in [0.4, 0.5) is 0 Å². The molecule has 0 bridgehead atoms. The SMILES string of the molecule is CCCCS(=O)(=O)N1CCC(C(=O)N[C@H](C)CC)CC1. The number of carbonyl (C=O) groups is 1. The van der Waals surface area contributed by atoms with Crippen LogP contribution < -0.4 is 5.32 Å². The topological polar surface area (TPSA) is 66.5 Å². The van der Waals surface area contributed by atoms with Crippen molar-refractivity contribution in [3.8, 4) is 0 Å². The second-order valence-corrected chi connectivity index (χ2v) is 7.75. The van der Waals surface area contributed by atoms with Gasteiger partial charge in [0, 0.05) is 25.0 Å². The Balaban J connectivity index is 2.45. The maximum Gasteiger partial charge on any atom is 0.223 e. The summed E-state index contributed by atoms with van der Waals surface area (Å²) in [6, 6.07) is 0.189. The molecular formula is C14H28N2O3S. The van der Waals surface area contributed by atoms with Crippen molar-refractivity contribution in [2.45, 2.75) is 58.9 Å². The molecule has 118 valence electrons. The van der Waals surface area contributed by atoms with Gasteiger partial charge in [-0.3, -0.25) is 4.79 Å². The van der Waals surface area contributed by atoms with Gasteiger partial charge in [0.05, 0.1) is 5.75 Å². The molecule has 1 heterocycles. The first-order valence-corrected chi connectivity index (χ1v) is 9.29. The van der Waals surface area contributed by atoms with Crippen LogP contribution in [0.15, 0.2) is 0 Å². The van der Waals surface area contributed by atoms with Crippen LogP contribution in [0.5, 0.6) is 0 Å². The molecule has 20 heavy (non-hydrogen) atoms. The first-order chi connectivity index (χ1) is 9.40. The Bertz CT molecular complexity index is 401. The Morgan fingerprint density at radius 1 is 1.30 bits per heavy atom. The number of piperidine rings is 1. The summed E-state index contributed by atoms with van der Waals surface area (Å²) in [5.41, 5.74) is 0. The quantitative estimate of drug-likeness (QED) is 0.779. The molecular weight excluding hydrogens is 276 g/mol. The lowest BCUT2D eigenvalue weighted by atomic mass is 9.97. The molecule has 5 nitrogen and oxygen atoms in total. The van der Waals surface area contributed by atoms with Crippen molar-refractivity contribution in [3.05, 3.63) is 0 Å². The van der Waals surface area contributed by atoms with E-state index in [1.54, 1.807) is 4.31 Å². The van der Waals surface area contributed by atoms with Crippen molar-refractivity contribution in [1.82, 2.24) is 9.62 Å². The molecule has 0 radical (unpaired) electrons. The van der Waals surface area contributed by atoms with Gasteiger partial charge >= 0.3 is 0 Å². The molecule has 0 spiro atoms. The van der Waals surface area contributed by atoms with E-state index >= 15 is 0 Å². The Hall–Kier alpha value is -0.620. The first kappa shape index (κ1) is 17.4. The summed E-state index contributed by atoms with van der Waals surface area (Å²) in [5.74, 6) is 0.263. The molecule has 1 aliphatic rings. The Morgan fingerprint density at radius 3 is 2.40 bits per heavy atom. The predicted octanol–water partition coefficient (Wildman–Crippen LogP) is 1.74. The highest BCUT2D eigenvalue weighted by Gasteiger charge is 2.30. The van der Waals surface area contributed by atoms with E-state index in [1.165, 1.54) is 0 Å². The molecule has 0 aliphatic carbocycles. The van der Waals surface area contributed by atoms with E-state index < -0.39 is 10.0 Å². The summed E-state index contributed by atoms with van der Waals surface area (Å²) in [7, 11) is -3.12. The third-order valence-corrected chi connectivity index (χ3v) is 5.93. The lowest BCUT2D eigenvalue weighted by molar-refractivity contribution is -0.126. The van der Waals surface area contributed by atoms with Gasteiger partial charge in [0.15, 0.2) is 0 Å². The van der Waals surface area contributed by atoms with Crippen LogP contribution in [0.25, 0.3) is 0 Å². The first-order valence-electron chi connectivity index (χ1n) is 7.68. The Morgan fingerprint density at radius 2 is 1.90 bits per heavy atom. The molecule has 0 unspecified atom stereocenters. The van der Waals surface area contributed by atoms with E-state index in [4.69, 9.17) is 0 Å². The zero-order valence-corrected chi connectivity index (χ0v) is 13.7. The summed E-state index contributed by atoms with van der Waals surface area (Å²) in [4.78, 5) is 12.0. The van der Waals surface area contributed by atoms with E-state index in [9.17, 15) is 13.2 Å². The van der Waals surface area contributed by atoms with Crippen molar-refractivity contribution < 1.29 is 13.2 Å². The van der Waals surface area contributed by atoms with Crippen LogP contribution in [0.2, 0.25) is 0 Å². The zero-order chi connectivity index (χ0) is 15.2. The van der Waals surface area contributed by atoms with Crippen molar-refractivity contribution in [2.24, 2.45) is 5.92 Å². The van der Waals surface area contributed by atoms with Gasteiger partial charge in [-0.2, -0.15) is 0 Å². The molecule has 0 aromatic rings. The van der Waals surface area contributed by atoms with Gasteiger partial charge in [-0.15, -0.1) is 0 Å². The van der Waals surface area contributed by atoms with Crippen LogP contribution in [-0.2, 0) is 14.8 Å². The van der Waals surface area contributed by atoms with E-state index in [0.717, 1.165) is 12.8 Å². The van der Waals surface area contributed by atoms with Gasteiger partial charge in [-0.1, -0.05) is 20.3 Å². The highest BCUT2D eigenvalue weighted by atomic mass is 32.2. The van der Waals surface area contributed by atoms with Crippen molar-refractivity contribution in [2.75, 3.05) is 18.8 Å². The molecule has 6 heteroatoms. The van der Waals surface area contributed by atoms with Crippen LogP contribution in [0.3, 0.4) is 0 Å². The summed E-state index contributed by atoms with van der Waals surface area (Å²) >= 11 is 0. The number of carbonyl (C=O) groups excluding carboxylic acids is 1. The highest BCUT2D eigenvalue weighted by molar-refractivity contribution is 7.89. The highest BCUT2D eigenvalue weighted by Crippen LogP contribution is 2.20. The second-order valence-electron chi connectivity index (χ2n) is 5.66. The monoisotopic (exact) mass is 304 g/mol. The van der Waals surface area contributed by atoms with E-state index in [0.29, 0.717) is 32.4 Å². The minimum absolute atomic E-state index is 0.0402. The number of nitrogens with zero attached hydrogens (tertiary/aromatic N) is 1. The van der Waals surface area contributed by atoms with E-state index in [1.807, 2.05) is 20.8 Å². The third kappa shape index (κ3) is 5.05. The van der Waals surface area contributed by atoms with Gasteiger partial charge in [0.2, 0.25) is 15.9 Å². The molecule has 1 amide bonds. The van der Waals surface area contributed by atoms with Gasteiger partial charge in [0.25, 0.3) is 0 Å². The number of rotatable bonds is 7. The maximum absolute atomic E-state index is 12.1. The minimum atomic E-state index is -3.12. The van der Waals surface area contributed by atoms with Gasteiger partial charge in [-0.05, 0) is 32.6 Å². The Kier molecular flexibility index (Phi) is 6.95. The largest absolute Gasteiger partial charge is 0.353 e. The normalized spacial score (nSPS) is 19.8. The standard InChI is InChI=1S/C14H28N2O3S/c1-4-6-11-20(18,19)16-9-7-13(8-10-16)14(17)15-12(3)5-2/h12-13H,4-11H2,1-3H3,(H,15,17)/t12-/m1/s1. The summed E-state index contributed by atoms with van der Waals surface area (Å²) < 4.78 is 25.7. The predicted molar refractivity (Wildman–Crippen MR) is 80.9 cm³/mol. The van der Waals surface area contributed by atoms with Gasteiger partial charge in [0.1, 0.15) is 0 Å². The average molecular weight is 304 g/mol. The number of unbranched alkanes of at least 4 members (excludes halogenated alkanes) is 1. The van der Waals surface area contributed by atoms with Crippen LogP contribution >= 0.6 is 0 Å². The second kappa shape index (κ2) is 7.98. The molecule has 1 atom stereocenters. The summed E-state index contributed by atoms with van der Waals surface area (Å²) in [6.45, 7) is 6.96. The number of hydrogen-bond donors (Lipinski definition) is 1. The number of hydrogen-bond acceptors (Lipinski definition) is 3. The van der Waals surface area contributed by atoms with Crippen LogP contribution in [0.1, 0.15) is 52.9 Å². The van der Waals surface area contributed by atoms with Crippen LogP contribution in [0, 0.1) is 5.92 Å². The molecule has 1 saturated heterocycles. The average Bonchev–Trinajstić information content (AvgIpc) is 2.45. The fraction of sp³-hybridized carbons (Fsp3) is 0.929. The molecule has 0 aromatic heterocycles. The van der Waals surface area contributed by atoms with Crippen molar-refractivity contribution in [3.63, 3.8) is 0 Å². The molecule has 0 aromatic carbocycles. The number of amides is 1. The maximum atomic E-state index is 12.1. The Labute approximate surface area is 123 Å². The van der Waals surface area contributed by atoms with Crippen LogP contribution in [-0.4, -0.2) is 43.5 Å². The fourth-order valence-corrected chi connectivity index (χ4v) is 3.99. The third-order valence-electron chi connectivity index (χ3n) is 3.97. The van der Waals surface area contributed by atoms with Crippen molar-refractivity contribution >= 4 is 15.9 Å². The van der Waals surface area contributed by atoms with Gasteiger partial charge < -0.3 is 5.32 Å². The summed E-state index contributed by atoms with van der Waals surface area (Å²) in [5, 5.41) is 2.98. The molecule has 1 N–H and O–H groups in total. The smallest absolute Gasteiger partial charge is 0.223 e. The van der Waals surface area contributed by atoms with E-state index in [-0.39, 0.29) is 23.6 Å². The molecule has 1 fully saturated rings. The molecule has 1 aliphatic heterocycles. The minimum Gasteiger partial charge on any atom is -0.353 e. The fourth-order valence-electron chi connectivity index (χ4n) is 2.31. The molecule has 1 rings (SSSR count). The number of nitrogens with one attached hydrogen (secondary N) is 1. The summed E-state index contributed by atoms with van der Waals surface area (Å²) in [6.07, 6.45) is 3.76. The lowest BCUT2D eigenvalue weighted by Crippen LogP contribution is -2.45. The lowest BCUT2D eigenvalue weighted by Gasteiger charge is -2.31. The van der Waals surface area contributed by atoms with Gasteiger partial charge in [-0.25, -0.2) is 12.7 Å². The zero-order valence-electron chi connectivity index (χ0n) is 12.9. The molecule has 0 saturated carbocycles.